The van der Waals surface area contributed by atoms with Gasteiger partial charge in [-0.1, -0.05) is 6.42 Å². The molecule has 0 radical (unpaired) electrons. The molecule has 0 bridgehead atoms. The lowest BCUT2D eigenvalue weighted by atomic mass is 10.0. The third-order valence-electron chi connectivity index (χ3n) is 3.87. The van der Waals surface area contributed by atoms with Crippen LogP contribution in [0.1, 0.15) is 38.7 Å². The highest BCUT2D eigenvalue weighted by Crippen LogP contribution is 2.12. The van der Waals surface area contributed by atoms with Crippen molar-refractivity contribution in [3.63, 3.8) is 0 Å². The molecular formula is C15H26N2S. The molecule has 102 valence electrons. The van der Waals surface area contributed by atoms with Crippen LogP contribution in [0.3, 0.4) is 0 Å². The van der Waals surface area contributed by atoms with Gasteiger partial charge in [-0.15, -0.1) is 0 Å². The molecule has 0 spiro atoms. The zero-order chi connectivity index (χ0) is 12.8. The first kappa shape index (κ1) is 14.0. The molecule has 1 aliphatic rings. The number of rotatable bonds is 6. The van der Waals surface area contributed by atoms with Crippen LogP contribution in [0.4, 0.5) is 0 Å². The lowest BCUT2D eigenvalue weighted by Crippen LogP contribution is -2.46. The molecule has 0 aromatic carbocycles. The van der Waals surface area contributed by atoms with Crippen LogP contribution in [-0.4, -0.2) is 36.6 Å². The zero-order valence-corrected chi connectivity index (χ0v) is 12.5. The Kier molecular flexibility index (Phi) is 5.67. The standard InChI is InChI=1S/C15H26N2S/c1-13(2)17(9-6-14-7-10-18-12-14)11-15-5-3-4-8-16-15/h7,10,12-13,15-16H,3-6,8-9,11H2,1-2H3. The van der Waals surface area contributed by atoms with Crippen molar-refractivity contribution in [2.45, 2.75) is 51.6 Å². The number of nitrogens with one attached hydrogen (secondary N) is 1. The van der Waals surface area contributed by atoms with Gasteiger partial charge in [0.15, 0.2) is 0 Å². The van der Waals surface area contributed by atoms with Crippen LogP contribution < -0.4 is 5.32 Å². The summed E-state index contributed by atoms with van der Waals surface area (Å²) >= 11 is 1.80. The monoisotopic (exact) mass is 266 g/mol. The Morgan fingerprint density at radius 3 is 2.94 bits per heavy atom. The Hall–Kier alpha value is -0.380. The topological polar surface area (TPSA) is 15.3 Å². The van der Waals surface area contributed by atoms with Gasteiger partial charge in [-0.2, -0.15) is 11.3 Å². The smallest absolute Gasteiger partial charge is 0.0195 e. The average Bonchev–Trinajstić information content (AvgIpc) is 2.88. The van der Waals surface area contributed by atoms with Gasteiger partial charge in [-0.25, -0.2) is 0 Å². The Morgan fingerprint density at radius 1 is 1.44 bits per heavy atom. The summed E-state index contributed by atoms with van der Waals surface area (Å²) in [5.41, 5.74) is 1.49. The minimum Gasteiger partial charge on any atom is -0.313 e. The lowest BCUT2D eigenvalue weighted by Gasteiger charge is -2.33. The molecule has 2 nitrogen and oxygen atoms in total. The SMILES string of the molecule is CC(C)N(CCc1ccsc1)CC1CCCCN1. The fraction of sp³-hybridized carbons (Fsp3) is 0.733. The van der Waals surface area contributed by atoms with Crippen molar-refractivity contribution in [1.82, 2.24) is 10.2 Å². The molecular weight excluding hydrogens is 240 g/mol. The molecule has 1 unspecified atom stereocenters. The summed E-state index contributed by atoms with van der Waals surface area (Å²) < 4.78 is 0. The maximum atomic E-state index is 3.66. The van der Waals surface area contributed by atoms with Crippen molar-refractivity contribution in [1.29, 1.82) is 0 Å². The Morgan fingerprint density at radius 2 is 2.33 bits per heavy atom. The number of thiophene rings is 1. The normalized spacial score (nSPS) is 20.8. The van der Waals surface area contributed by atoms with E-state index in [1.807, 2.05) is 0 Å². The van der Waals surface area contributed by atoms with E-state index in [0.29, 0.717) is 12.1 Å². The van der Waals surface area contributed by atoms with Gasteiger partial charge in [0.25, 0.3) is 0 Å². The van der Waals surface area contributed by atoms with Gasteiger partial charge in [0.2, 0.25) is 0 Å². The molecule has 0 amide bonds. The van der Waals surface area contributed by atoms with Crippen LogP contribution >= 0.6 is 11.3 Å². The molecule has 0 saturated carbocycles. The van der Waals surface area contributed by atoms with E-state index in [1.54, 1.807) is 11.3 Å². The molecule has 1 fully saturated rings. The predicted molar refractivity (Wildman–Crippen MR) is 80.4 cm³/mol. The molecule has 2 heterocycles. The third kappa shape index (κ3) is 4.38. The van der Waals surface area contributed by atoms with Gasteiger partial charge in [0, 0.05) is 25.2 Å². The van der Waals surface area contributed by atoms with E-state index in [2.05, 4.69) is 40.9 Å². The fourth-order valence-electron chi connectivity index (χ4n) is 2.63. The number of hydrogen-bond acceptors (Lipinski definition) is 3. The number of piperidine rings is 1. The predicted octanol–water partition coefficient (Wildman–Crippen LogP) is 3.14. The zero-order valence-electron chi connectivity index (χ0n) is 11.7. The molecule has 1 atom stereocenters. The Bertz CT molecular complexity index is 315. The summed E-state index contributed by atoms with van der Waals surface area (Å²) in [6.45, 7) is 8.24. The highest BCUT2D eigenvalue weighted by Gasteiger charge is 2.18. The molecule has 1 aromatic rings. The van der Waals surface area contributed by atoms with Crippen molar-refractivity contribution in [2.75, 3.05) is 19.6 Å². The van der Waals surface area contributed by atoms with Crippen molar-refractivity contribution in [3.8, 4) is 0 Å². The highest BCUT2D eigenvalue weighted by molar-refractivity contribution is 7.07. The quantitative estimate of drug-likeness (QED) is 0.851. The molecule has 2 rings (SSSR count). The number of hydrogen-bond donors (Lipinski definition) is 1. The second kappa shape index (κ2) is 7.27. The first-order valence-corrected chi connectivity index (χ1v) is 8.18. The van der Waals surface area contributed by atoms with Crippen LogP contribution in [0.2, 0.25) is 0 Å². The van der Waals surface area contributed by atoms with Gasteiger partial charge < -0.3 is 5.32 Å². The largest absolute Gasteiger partial charge is 0.313 e. The summed E-state index contributed by atoms with van der Waals surface area (Å²) in [4.78, 5) is 2.63. The first-order chi connectivity index (χ1) is 8.75. The van der Waals surface area contributed by atoms with Crippen molar-refractivity contribution in [3.05, 3.63) is 22.4 Å². The third-order valence-corrected chi connectivity index (χ3v) is 4.60. The van der Waals surface area contributed by atoms with E-state index in [4.69, 9.17) is 0 Å². The second-order valence-corrected chi connectivity index (χ2v) is 6.40. The minimum absolute atomic E-state index is 0.646. The van der Waals surface area contributed by atoms with Gasteiger partial charge in [-0.05, 0) is 62.0 Å². The summed E-state index contributed by atoms with van der Waals surface area (Å²) in [6.07, 6.45) is 5.29. The van der Waals surface area contributed by atoms with Crippen LogP contribution in [-0.2, 0) is 6.42 Å². The van der Waals surface area contributed by atoms with Crippen LogP contribution in [0.25, 0.3) is 0 Å². The van der Waals surface area contributed by atoms with Crippen LogP contribution in [0, 0.1) is 0 Å². The molecule has 3 heteroatoms. The Balaban J connectivity index is 1.79. The van der Waals surface area contributed by atoms with Gasteiger partial charge in [0.1, 0.15) is 0 Å². The maximum absolute atomic E-state index is 3.66. The minimum atomic E-state index is 0.646. The Labute approximate surface area is 115 Å². The maximum Gasteiger partial charge on any atom is 0.0195 e. The summed E-state index contributed by atoms with van der Waals surface area (Å²) in [5.74, 6) is 0. The lowest BCUT2D eigenvalue weighted by molar-refractivity contribution is 0.187. The summed E-state index contributed by atoms with van der Waals surface area (Å²) in [7, 11) is 0. The van der Waals surface area contributed by atoms with Crippen molar-refractivity contribution in [2.24, 2.45) is 0 Å². The van der Waals surface area contributed by atoms with Gasteiger partial charge in [-0.3, -0.25) is 4.90 Å². The van der Waals surface area contributed by atoms with Gasteiger partial charge in [0.05, 0.1) is 0 Å². The molecule has 1 N–H and O–H groups in total. The highest BCUT2D eigenvalue weighted by atomic mass is 32.1. The molecule has 18 heavy (non-hydrogen) atoms. The van der Waals surface area contributed by atoms with E-state index in [9.17, 15) is 0 Å². The number of nitrogens with zero attached hydrogens (tertiary/aromatic N) is 1. The van der Waals surface area contributed by atoms with E-state index < -0.39 is 0 Å². The van der Waals surface area contributed by atoms with E-state index >= 15 is 0 Å². The van der Waals surface area contributed by atoms with Crippen LogP contribution in [0.15, 0.2) is 16.8 Å². The fourth-order valence-corrected chi connectivity index (χ4v) is 3.33. The van der Waals surface area contributed by atoms with Crippen molar-refractivity contribution >= 4 is 11.3 Å². The summed E-state index contributed by atoms with van der Waals surface area (Å²) in [5, 5.41) is 8.11. The molecule has 1 aliphatic heterocycles. The molecule has 1 saturated heterocycles. The second-order valence-electron chi connectivity index (χ2n) is 5.62. The van der Waals surface area contributed by atoms with Gasteiger partial charge >= 0.3 is 0 Å². The van der Waals surface area contributed by atoms with E-state index in [1.165, 1.54) is 50.9 Å². The molecule has 0 aliphatic carbocycles. The van der Waals surface area contributed by atoms with E-state index in [0.717, 1.165) is 0 Å². The van der Waals surface area contributed by atoms with Crippen molar-refractivity contribution < 1.29 is 0 Å². The summed E-state index contributed by atoms with van der Waals surface area (Å²) in [6, 6.07) is 3.61. The molecule has 1 aromatic heterocycles. The van der Waals surface area contributed by atoms with Crippen LogP contribution in [0.5, 0.6) is 0 Å². The van der Waals surface area contributed by atoms with E-state index in [-0.39, 0.29) is 0 Å². The first-order valence-electron chi connectivity index (χ1n) is 7.24. The average molecular weight is 266 g/mol.